The molecule has 11 heteroatoms. The molecule has 164 valence electrons. The Kier molecular flexibility index (Phi) is 4.69. The highest BCUT2D eigenvalue weighted by atomic mass is 19.4. The van der Waals surface area contributed by atoms with Gasteiger partial charge in [-0.15, -0.1) is 0 Å². The summed E-state index contributed by atoms with van der Waals surface area (Å²) < 4.78 is 55.3. The highest BCUT2D eigenvalue weighted by molar-refractivity contribution is 6.23. The number of fused-ring (bicyclic) bond motifs is 5. The van der Waals surface area contributed by atoms with E-state index in [4.69, 9.17) is 14.2 Å². The molecule has 3 aliphatic heterocycles. The summed E-state index contributed by atoms with van der Waals surface area (Å²) in [5.74, 6) is -5.57. The van der Waals surface area contributed by atoms with Crippen LogP contribution in [0.5, 0.6) is 0 Å². The van der Waals surface area contributed by atoms with Crippen molar-refractivity contribution in [1.29, 1.82) is 0 Å². The molecule has 0 unspecified atom stereocenters. The van der Waals surface area contributed by atoms with E-state index in [0.717, 1.165) is 26.0 Å². The monoisotopic (exact) mass is 439 g/mol. The minimum atomic E-state index is -4.67. The van der Waals surface area contributed by atoms with E-state index in [2.05, 4.69) is 0 Å². The van der Waals surface area contributed by atoms with Crippen LogP contribution in [0.25, 0.3) is 0 Å². The molecule has 1 aromatic rings. The van der Waals surface area contributed by atoms with Crippen molar-refractivity contribution in [2.75, 3.05) is 4.90 Å². The first-order chi connectivity index (χ1) is 14.5. The lowest BCUT2D eigenvalue weighted by Gasteiger charge is -2.34. The molecule has 2 amide bonds. The van der Waals surface area contributed by atoms with Gasteiger partial charge < -0.3 is 14.2 Å². The van der Waals surface area contributed by atoms with Gasteiger partial charge in [0.15, 0.2) is 5.60 Å². The van der Waals surface area contributed by atoms with E-state index in [1.54, 1.807) is 0 Å². The maximum absolute atomic E-state index is 13.3. The molecule has 0 spiro atoms. The molecule has 4 atom stereocenters. The fourth-order valence-electron chi connectivity index (χ4n) is 4.29. The molecule has 8 nitrogen and oxygen atoms in total. The van der Waals surface area contributed by atoms with Crippen molar-refractivity contribution in [3.05, 3.63) is 42.0 Å². The first kappa shape index (κ1) is 21.0. The average molecular weight is 439 g/mol. The molecule has 0 saturated carbocycles. The van der Waals surface area contributed by atoms with Gasteiger partial charge in [0.05, 0.1) is 29.2 Å². The van der Waals surface area contributed by atoms with Crippen LogP contribution in [0, 0.1) is 11.8 Å². The molecule has 0 aliphatic carbocycles. The second-order valence-corrected chi connectivity index (χ2v) is 7.41. The summed E-state index contributed by atoms with van der Waals surface area (Å²) in [5, 5.41) is 0. The number of hydrogen-bond donors (Lipinski definition) is 0. The number of imide groups is 1. The molecular formula is C20H16F3NO7. The predicted molar refractivity (Wildman–Crippen MR) is 95.0 cm³/mol. The van der Waals surface area contributed by atoms with E-state index in [1.807, 2.05) is 0 Å². The summed E-state index contributed by atoms with van der Waals surface area (Å²) in [6.07, 6.45) is -4.36. The molecular weight excluding hydrogens is 423 g/mol. The van der Waals surface area contributed by atoms with Gasteiger partial charge in [-0.25, -0.2) is 4.90 Å². The van der Waals surface area contributed by atoms with Gasteiger partial charge in [-0.1, -0.05) is 12.1 Å². The number of hydrogen-bond acceptors (Lipinski definition) is 7. The van der Waals surface area contributed by atoms with Crippen LogP contribution in [0.2, 0.25) is 0 Å². The van der Waals surface area contributed by atoms with Gasteiger partial charge in [-0.3, -0.25) is 19.2 Å². The predicted octanol–water partition coefficient (Wildman–Crippen LogP) is 1.97. The molecule has 3 heterocycles. The Labute approximate surface area is 173 Å². The quantitative estimate of drug-likeness (QED) is 0.306. The van der Waals surface area contributed by atoms with Crippen molar-refractivity contribution in [3.8, 4) is 0 Å². The number of rotatable bonds is 4. The third-order valence-electron chi connectivity index (χ3n) is 5.42. The van der Waals surface area contributed by atoms with Crippen molar-refractivity contribution in [2.24, 2.45) is 11.8 Å². The molecule has 0 N–H and O–H groups in total. The Bertz CT molecular complexity index is 1000. The zero-order valence-corrected chi connectivity index (χ0v) is 16.2. The Morgan fingerprint density at radius 1 is 1.13 bits per heavy atom. The van der Waals surface area contributed by atoms with Crippen molar-refractivity contribution < 1.29 is 46.6 Å². The van der Waals surface area contributed by atoms with E-state index in [1.165, 1.54) is 18.2 Å². The first-order valence-electron chi connectivity index (χ1n) is 9.22. The molecule has 2 bridgehead atoms. The Morgan fingerprint density at radius 3 is 2.35 bits per heavy atom. The Balaban J connectivity index is 1.74. The fourth-order valence-corrected chi connectivity index (χ4v) is 4.29. The summed E-state index contributed by atoms with van der Waals surface area (Å²) in [6.45, 7) is 2.12. The maximum Gasteiger partial charge on any atom is 0.416 e. The number of carbonyl (C=O) groups is 4. The molecule has 1 aromatic carbocycles. The Hall–Kier alpha value is -3.21. The Morgan fingerprint density at radius 2 is 1.77 bits per heavy atom. The van der Waals surface area contributed by atoms with Gasteiger partial charge >= 0.3 is 18.1 Å². The van der Waals surface area contributed by atoms with Crippen molar-refractivity contribution >= 4 is 29.4 Å². The minimum Gasteiger partial charge on any atom is -0.422 e. The summed E-state index contributed by atoms with van der Waals surface area (Å²) in [4.78, 5) is 50.1. The number of anilines is 1. The second-order valence-electron chi connectivity index (χ2n) is 7.41. The van der Waals surface area contributed by atoms with Crippen LogP contribution in [0.1, 0.15) is 19.4 Å². The van der Waals surface area contributed by atoms with Crippen LogP contribution in [0.3, 0.4) is 0 Å². The van der Waals surface area contributed by atoms with Gasteiger partial charge in [-0.05, 0) is 24.3 Å². The minimum absolute atomic E-state index is 0.245. The second kappa shape index (κ2) is 6.91. The summed E-state index contributed by atoms with van der Waals surface area (Å²) >= 11 is 0. The average Bonchev–Trinajstić information content (AvgIpc) is 3.31. The molecule has 0 radical (unpaired) electrons. The lowest BCUT2D eigenvalue weighted by atomic mass is 9.76. The highest BCUT2D eigenvalue weighted by Crippen LogP contribution is 2.54. The SMILES string of the molecule is CC(=O)OC(OC(C)=O)[C@]12C=C[C@H](O1)[C@@H]1C(=O)N(c3cccc(C(F)(F)F)c3)C(=O)[C@@H]12. The zero-order chi connectivity index (χ0) is 22.7. The number of carbonyl (C=O) groups excluding carboxylic acids is 4. The molecule has 0 aromatic heterocycles. The van der Waals surface area contributed by atoms with Gasteiger partial charge in [0.25, 0.3) is 6.29 Å². The topological polar surface area (TPSA) is 99.2 Å². The zero-order valence-electron chi connectivity index (χ0n) is 16.2. The van der Waals surface area contributed by atoms with Crippen molar-refractivity contribution in [3.63, 3.8) is 0 Å². The third kappa shape index (κ3) is 3.19. The van der Waals surface area contributed by atoms with Gasteiger partial charge in [0, 0.05) is 13.8 Å². The molecule has 3 aliphatic rings. The smallest absolute Gasteiger partial charge is 0.416 e. The number of alkyl halides is 3. The van der Waals surface area contributed by atoms with E-state index in [9.17, 15) is 32.3 Å². The number of halogens is 3. The van der Waals surface area contributed by atoms with E-state index >= 15 is 0 Å². The van der Waals surface area contributed by atoms with E-state index in [-0.39, 0.29) is 5.69 Å². The number of amides is 2. The van der Waals surface area contributed by atoms with E-state index in [0.29, 0.717) is 11.0 Å². The van der Waals surface area contributed by atoms with Crippen molar-refractivity contribution in [2.45, 2.75) is 38.0 Å². The summed E-state index contributed by atoms with van der Waals surface area (Å²) in [7, 11) is 0. The lowest BCUT2D eigenvalue weighted by molar-refractivity contribution is -0.226. The number of benzene rings is 1. The number of nitrogens with zero attached hydrogens (tertiary/aromatic N) is 1. The molecule has 2 fully saturated rings. The van der Waals surface area contributed by atoms with Crippen LogP contribution in [0.15, 0.2) is 36.4 Å². The number of esters is 2. The van der Waals surface area contributed by atoms with Gasteiger partial charge in [0.2, 0.25) is 11.8 Å². The molecule has 2 saturated heterocycles. The van der Waals surface area contributed by atoms with Crippen LogP contribution in [-0.2, 0) is 39.6 Å². The fraction of sp³-hybridized carbons (Fsp3) is 0.400. The number of ether oxygens (including phenoxy) is 3. The van der Waals surface area contributed by atoms with Gasteiger partial charge in [-0.2, -0.15) is 13.2 Å². The maximum atomic E-state index is 13.3. The molecule has 31 heavy (non-hydrogen) atoms. The van der Waals surface area contributed by atoms with Gasteiger partial charge in [0.1, 0.15) is 0 Å². The first-order valence-corrected chi connectivity index (χ1v) is 9.22. The van der Waals surface area contributed by atoms with Crippen LogP contribution in [0.4, 0.5) is 18.9 Å². The lowest BCUT2D eigenvalue weighted by Crippen LogP contribution is -2.52. The highest BCUT2D eigenvalue weighted by Gasteiger charge is 2.72. The largest absolute Gasteiger partial charge is 0.422 e. The van der Waals surface area contributed by atoms with Crippen molar-refractivity contribution in [1.82, 2.24) is 0 Å². The third-order valence-corrected chi connectivity index (χ3v) is 5.42. The van der Waals surface area contributed by atoms with Crippen LogP contribution in [-0.4, -0.2) is 41.7 Å². The molecule has 4 rings (SSSR count). The summed E-state index contributed by atoms with van der Waals surface area (Å²) in [5.41, 5.74) is -3.03. The normalized spacial score (nSPS) is 29.0. The standard InChI is InChI=1S/C20H16F3NO7/c1-9(25)29-18(30-10(2)26)19-7-6-13(31-19)14-15(19)17(28)24(16(14)27)12-5-3-4-11(8-12)20(21,22)23/h3-8,13-15,18H,1-2H3/t13-,14-,15+,19+/m0/s1. The van der Waals surface area contributed by atoms with Crippen LogP contribution >= 0.6 is 0 Å². The van der Waals surface area contributed by atoms with E-state index < -0.39 is 65.3 Å². The van der Waals surface area contributed by atoms with Crippen LogP contribution < -0.4 is 4.90 Å². The summed E-state index contributed by atoms with van der Waals surface area (Å²) in [6, 6.07) is 3.83.